The molecule has 0 unspecified atom stereocenters. The molecule has 3 rings (SSSR count). The number of hydroxylamine groups is 1. The van der Waals surface area contributed by atoms with Crippen molar-refractivity contribution in [2.45, 2.75) is 46.1 Å². The van der Waals surface area contributed by atoms with Crippen LogP contribution in [0, 0.1) is 11.3 Å². The van der Waals surface area contributed by atoms with E-state index in [0.29, 0.717) is 23.7 Å². The highest BCUT2D eigenvalue weighted by Gasteiger charge is 2.37. The summed E-state index contributed by atoms with van der Waals surface area (Å²) in [6.45, 7) is 5.69. The summed E-state index contributed by atoms with van der Waals surface area (Å²) in [5.41, 5.74) is 2.16. The molecule has 1 atom stereocenters. The molecule has 32 heavy (non-hydrogen) atoms. The Labute approximate surface area is 187 Å². The molecule has 4 amide bonds. The monoisotopic (exact) mass is 441 g/mol. The number of hydrogen-bond acceptors (Lipinski definition) is 5. The second kappa shape index (κ2) is 9.95. The Bertz CT molecular complexity index is 979. The molecule has 1 aliphatic carbocycles. The van der Waals surface area contributed by atoms with Crippen molar-refractivity contribution in [2.75, 3.05) is 18.4 Å². The molecule has 0 aliphatic heterocycles. The first-order valence-corrected chi connectivity index (χ1v) is 10.8. The highest BCUT2D eigenvalue weighted by atomic mass is 16.5. The van der Waals surface area contributed by atoms with Gasteiger partial charge in [-0.1, -0.05) is 45.4 Å². The third-order valence-corrected chi connectivity index (χ3v) is 5.74. The zero-order valence-electron chi connectivity index (χ0n) is 18.7. The molecule has 1 fully saturated rings. The normalized spacial score (nSPS) is 14.9. The van der Waals surface area contributed by atoms with Crippen molar-refractivity contribution < 1.29 is 19.6 Å². The van der Waals surface area contributed by atoms with E-state index < -0.39 is 23.4 Å². The molecule has 0 radical (unpaired) electrons. The Morgan fingerprint density at radius 1 is 1.19 bits per heavy atom. The summed E-state index contributed by atoms with van der Waals surface area (Å²) in [4.78, 5) is 43.9. The van der Waals surface area contributed by atoms with Crippen LogP contribution >= 0.6 is 0 Å². The number of carbonyl (C=O) groups is 3. The minimum Gasteiger partial charge on any atom is -0.331 e. The fourth-order valence-corrected chi connectivity index (χ4v) is 3.75. The maximum Gasteiger partial charge on any atom is 0.319 e. The van der Waals surface area contributed by atoms with Crippen molar-refractivity contribution in [2.24, 2.45) is 11.3 Å². The quantitative estimate of drug-likeness (QED) is 0.389. The lowest BCUT2D eigenvalue weighted by atomic mass is 9.83. The van der Waals surface area contributed by atoms with E-state index >= 15 is 0 Å². The van der Waals surface area contributed by atoms with Crippen LogP contribution in [0.15, 0.2) is 36.5 Å². The first-order chi connectivity index (χ1) is 15.2. The van der Waals surface area contributed by atoms with Gasteiger partial charge in [-0.25, -0.2) is 10.3 Å². The largest absolute Gasteiger partial charge is 0.331 e. The van der Waals surface area contributed by atoms with Crippen LogP contribution in [0.2, 0.25) is 0 Å². The van der Waals surface area contributed by atoms with Gasteiger partial charge < -0.3 is 15.5 Å². The van der Waals surface area contributed by atoms with Gasteiger partial charge in [0.25, 0.3) is 5.91 Å². The molecule has 1 aromatic heterocycles. The number of fused-ring (bicyclic) bond motifs is 1. The first-order valence-electron chi connectivity index (χ1n) is 10.8. The third-order valence-electron chi connectivity index (χ3n) is 5.74. The predicted molar refractivity (Wildman–Crippen MR) is 121 cm³/mol. The van der Waals surface area contributed by atoms with E-state index in [0.717, 1.165) is 24.6 Å². The maximum absolute atomic E-state index is 13.4. The Balaban J connectivity index is 1.77. The number of anilines is 1. The summed E-state index contributed by atoms with van der Waals surface area (Å²) in [7, 11) is 0. The number of nitrogens with one attached hydrogen (secondary N) is 3. The smallest absolute Gasteiger partial charge is 0.319 e. The van der Waals surface area contributed by atoms with Crippen LogP contribution in [0.25, 0.3) is 10.9 Å². The van der Waals surface area contributed by atoms with Crippen molar-refractivity contribution in [1.29, 1.82) is 0 Å². The second-order valence-electron chi connectivity index (χ2n) is 9.33. The molecule has 1 saturated carbocycles. The van der Waals surface area contributed by atoms with Crippen molar-refractivity contribution in [3.05, 3.63) is 36.5 Å². The number of amides is 4. The van der Waals surface area contributed by atoms with E-state index in [9.17, 15) is 14.4 Å². The number of nitrogens with zero attached hydrogens (tertiary/aromatic N) is 2. The summed E-state index contributed by atoms with van der Waals surface area (Å²) in [6, 6.07) is 7.77. The van der Waals surface area contributed by atoms with E-state index in [4.69, 9.17) is 5.21 Å². The zero-order valence-corrected chi connectivity index (χ0v) is 18.7. The van der Waals surface area contributed by atoms with Crippen LogP contribution in [0.1, 0.15) is 40.0 Å². The van der Waals surface area contributed by atoms with Gasteiger partial charge in [-0.2, -0.15) is 0 Å². The maximum atomic E-state index is 13.4. The Morgan fingerprint density at radius 3 is 2.53 bits per heavy atom. The minimum atomic E-state index is -0.878. The average Bonchev–Trinajstić information content (AvgIpc) is 2.72. The standard InChI is InChI=1S/C23H31N5O4/c1-23(2,3)20(21(30)28(14-18(29)27-32)13-15-7-4-8-15)26-22(31)25-17-11-5-9-16-10-6-12-24-19(16)17/h5-6,9-12,15,20,32H,4,7-8,13-14H2,1-3H3,(H,27,29)(H2,25,26,31)/t20-/m1/s1. The molecular formula is C23H31N5O4. The fourth-order valence-electron chi connectivity index (χ4n) is 3.75. The lowest BCUT2D eigenvalue weighted by molar-refractivity contribution is -0.143. The van der Waals surface area contributed by atoms with Gasteiger partial charge in [0.05, 0.1) is 11.2 Å². The molecule has 1 heterocycles. The lowest BCUT2D eigenvalue weighted by Crippen LogP contribution is -2.57. The fraction of sp³-hybridized carbons (Fsp3) is 0.478. The van der Waals surface area contributed by atoms with E-state index in [-0.39, 0.29) is 12.5 Å². The van der Waals surface area contributed by atoms with E-state index in [1.807, 2.05) is 45.0 Å². The number of hydrogen-bond donors (Lipinski definition) is 4. The van der Waals surface area contributed by atoms with Gasteiger partial charge in [-0.3, -0.25) is 19.8 Å². The molecule has 0 bridgehead atoms. The number of benzene rings is 1. The minimum absolute atomic E-state index is 0.269. The van der Waals surface area contributed by atoms with Crippen molar-refractivity contribution >= 4 is 34.4 Å². The van der Waals surface area contributed by atoms with E-state index in [1.54, 1.807) is 17.7 Å². The van der Waals surface area contributed by atoms with Gasteiger partial charge in [0, 0.05) is 18.1 Å². The van der Waals surface area contributed by atoms with Gasteiger partial charge >= 0.3 is 6.03 Å². The molecule has 2 aromatic rings. The van der Waals surface area contributed by atoms with Gasteiger partial charge in [0.1, 0.15) is 12.6 Å². The van der Waals surface area contributed by atoms with Gasteiger partial charge in [-0.15, -0.1) is 0 Å². The van der Waals surface area contributed by atoms with Crippen molar-refractivity contribution in [3.63, 3.8) is 0 Å². The van der Waals surface area contributed by atoms with Crippen molar-refractivity contribution in [1.82, 2.24) is 20.7 Å². The summed E-state index contributed by atoms with van der Waals surface area (Å²) in [5.74, 6) is -0.711. The molecule has 1 aromatic carbocycles. The Morgan fingerprint density at radius 2 is 1.91 bits per heavy atom. The number of aromatic nitrogens is 1. The number of rotatable bonds is 7. The van der Waals surface area contributed by atoms with E-state index in [1.165, 1.54) is 4.90 Å². The lowest BCUT2D eigenvalue weighted by Gasteiger charge is -2.37. The van der Waals surface area contributed by atoms with Gasteiger partial charge in [0.2, 0.25) is 5.91 Å². The molecule has 9 heteroatoms. The third kappa shape index (κ3) is 5.73. The molecule has 1 aliphatic rings. The number of urea groups is 1. The summed E-state index contributed by atoms with van der Waals surface area (Å²) in [6.07, 6.45) is 4.73. The van der Waals surface area contributed by atoms with Crippen LogP contribution in [-0.4, -0.2) is 52.1 Å². The average molecular weight is 442 g/mol. The van der Waals surface area contributed by atoms with E-state index in [2.05, 4.69) is 15.6 Å². The van der Waals surface area contributed by atoms with Crippen LogP contribution in [0.4, 0.5) is 10.5 Å². The molecule has 0 spiro atoms. The van der Waals surface area contributed by atoms with Gasteiger partial charge in [-0.05, 0) is 36.3 Å². The molecule has 0 saturated heterocycles. The highest BCUT2D eigenvalue weighted by molar-refractivity contribution is 6.01. The Kier molecular flexibility index (Phi) is 7.29. The SMILES string of the molecule is CC(C)(C)[C@H](NC(=O)Nc1cccc2cccnc12)C(=O)N(CC(=O)NO)CC1CCC1. The van der Waals surface area contributed by atoms with Crippen LogP contribution < -0.4 is 16.1 Å². The molecule has 4 N–H and O–H groups in total. The zero-order chi connectivity index (χ0) is 23.3. The van der Waals surface area contributed by atoms with Gasteiger partial charge in [0.15, 0.2) is 0 Å². The van der Waals surface area contributed by atoms with Crippen LogP contribution in [0.3, 0.4) is 0 Å². The van der Waals surface area contributed by atoms with Crippen molar-refractivity contribution in [3.8, 4) is 0 Å². The Hall–Kier alpha value is -3.20. The van der Waals surface area contributed by atoms with Crippen LogP contribution in [0.5, 0.6) is 0 Å². The second-order valence-corrected chi connectivity index (χ2v) is 9.33. The number of carbonyl (C=O) groups excluding carboxylic acids is 3. The predicted octanol–water partition coefficient (Wildman–Crippen LogP) is 2.91. The number of pyridine rings is 1. The molecule has 172 valence electrons. The molecular weight excluding hydrogens is 410 g/mol. The summed E-state index contributed by atoms with van der Waals surface area (Å²) >= 11 is 0. The number of para-hydroxylation sites is 1. The topological polar surface area (TPSA) is 124 Å². The molecule has 9 nitrogen and oxygen atoms in total. The first kappa shape index (κ1) is 23.5. The van der Waals surface area contributed by atoms with Crippen LogP contribution in [-0.2, 0) is 9.59 Å². The highest BCUT2D eigenvalue weighted by Crippen LogP contribution is 2.29. The summed E-state index contributed by atoms with van der Waals surface area (Å²) in [5, 5.41) is 15.4. The summed E-state index contributed by atoms with van der Waals surface area (Å²) < 4.78 is 0.